The minimum absolute atomic E-state index is 0.512. The van der Waals surface area contributed by atoms with E-state index in [2.05, 4.69) is 4.98 Å². The molecule has 1 aromatic heterocycles. The van der Waals surface area contributed by atoms with E-state index in [0.29, 0.717) is 12.4 Å². The Hall–Kier alpha value is -1.87. The van der Waals surface area contributed by atoms with E-state index < -0.39 is 0 Å². The molecule has 17 heavy (non-hydrogen) atoms. The van der Waals surface area contributed by atoms with Crippen LogP contribution in [0.2, 0.25) is 0 Å². The zero-order valence-electron chi connectivity index (χ0n) is 10.1. The van der Waals surface area contributed by atoms with Crippen LogP contribution >= 0.6 is 0 Å². The topological polar surface area (TPSA) is 48.1 Å². The lowest BCUT2D eigenvalue weighted by Crippen LogP contribution is -1.98. The maximum Gasteiger partial charge on any atom is 0.219 e. The Labute approximate surface area is 101 Å². The molecule has 0 aliphatic carbocycles. The zero-order chi connectivity index (χ0) is 12.3. The Morgan fingerprint density at radius 1 is 1.18 bits per heavy atom. The third-order valence-corrected chi connectivity index (χ3v) is 2.59. The van der Waals surface area contributed by atoms with Gasteiger partial charge in [0.2, 0.25) is 5.88 Å². The molecule has 1 aromatic carbocycles. The molecule has 0 spiro atoms. The van der Waals surface area contributed by atoms with Crippen molar-refractivity contribution in [2.45, 2.75) is 20.4 Å². The molecule has 0 unspecified atom stereocenters. The van der Waals surface area contributed by atoms with Gasteiger partial charge in [-0.3, -0.25) is 0 Å². The Morgan fingerprint density at radius 3 is 2.71 bits per heavy atom. The highest BCUT2D eigenvalue weighted by molar-refractivity contribution is 5.39. The molecule has 2 N–H and O–H groups in total. The summed E-state index contributed by atoms with van der Waals surface area (Å²) in [6.45, 7) is 4.53. The van der Waals surface area contributed by atoms with Gasteiger partial charge in [-0.15, -0.1) is 0 Å². The Morgan fingerprint density at radius 2 is 2.00 bits per heavy atom. The highest BCUT2D eigenvalue weighted by atomic mass is 16.5. The van der Waals surface area contributed by atoms with Crippen LogP contribution in [0.4, 0.5) is 0 Å². The van der Waals surface area contributed by atoms with Crippen LogP contribution in [0.1, 0.15) is 16.7 Å². The molecule has 0 atom stereocenters. The number of nitrogens with two attached hydrogens (primary N) is 1. The van der Waals surface area contributed by atoms with Crippen LogP contribution in [0.3, 0.4) is 0 Å². The van der Waals surface area contributed by atoms with Gasteiger partial charge >= 0.3 is 0 Å². The number of aryl methyl sites for hydroxylation is 2. The van der Waals surface area contributed by atoms with Gasteiger partial charge in [-0.1, -0.05) is 12.1 Å². The summed E-state index contributed by atoms with van der Waals surface area (Å²) < 4.78 is 5.77. The van der Waals surface area contributed by atoms with Gasteiger partial charge in [-0.05, 0) is 42.7 Å². The Bertz CT molecular complexity index is 523. The summed E-state index contributed by atoms with van der Waals surface area (Å²) in [6, 6.07) is 9.82. The molecule has 0 saturated heterocycles. The number of rotatable bonds is 3. The molecule has 0 saturated carbocycles. The molecule has 0 radical (unpaired) electrons. The second-order valence-corrected chi connectivity index (χ2v) is 4.08. The number of nitrogens with zero attached hydrogens (tertiary/aromatic N) is 1. The highest BCUT2D eigenvalue weighted by Gasteiger charge is 2.03. The number of pyridine rings is 1. The standard InChI is InChI=1S/C14H16N2O/c1-10-5-6-16-14(7-10)17-13-8-12(9-15)4-3-11(13)2/h3-8H,9,15H2,1-2H3. The molecule has 2 rings (SSSR count). The molecule has 2 aromatic rings. The van der Waals surface area contributed by atoms with Crippen LogP contribution < -0.4 is 10.5 Å². The third kappa shape index (κ3) is 2.82. The Balaban J connectivity index is 2.29. The number of hydrogen-bond acceptors (Lipinski definition) is 3. The average Bonchev–Trinajstić information content (AvgIpc) is 2.32. The quantitative estimate of drug-likeness (QED) is 0.878. The molecule has 0 amide bonds. The van der Waals surface area contributed by atoms with Crippen LogP contribution in [-0.2, 0) is 6.54 Å². The second kappa shape index (κ2) is 4.97. The Kier molecular flexibility index (Phi) is 3.40. The molecule has 88 valence electrons. The molecule has 0 fully saturated rings. The van der Waals surface area contributed by atoms with Crippen molar-refractivity contribution in [1.29, 1.82) is 0 Å². The van der Waals surface area contributed by atoms with Gasteiger partial charge in [-0.25, -0.2) is 4.98 Å². The maximum atomic E-state index is 5.77. The number of benzene rings is 1. The number of ether oxygens (including phenoxy) is 1. The van der Waals surface area contributed by atoms with E-state index in [4.69, 9.17) is 10.5 Å². The lowest BCUT2D eigenvalue weighted by atomic mass is 10.1. The van der Waals surface area contributed by atoms with Crippen molar-refractivity contribution in [2.75, 3.05) is 0 Å². The van der Waals surface area contributed by atoms with Gasteiger partial charge in [0.25, 0.3) is 0 Å². The lowest BCUT2D eigenvalue weighted by Gasteiger charge is -2.09. The predicted molar refractivity (Wildman–Crippen MR) is 68.1 cm³/mol. The number of aromatic nitrogens is 1. The summed E-state index contributed by atoms with van der Waals surface area (Å²) in [5.74, 6) is 1.42. The van der Waals surface area contributed by atoms with Crippen molar-refractivity contribution in [1.82, 2.24) is 4.98 Å². The van der Waals surface area contributed by atoms with Gasteiger partial charge in [0.05, 0.1) is 0 Å². The van der Waals surface area contributed by atoms with E-state index in [1.54, 1.807) is 6.20 Å². The molecule has 0 aliphatic heterocycles. The van der Waals surface area contributed by atoms with Crippen molar-refractivity contribution >= 4 is 0 Å². The predicted octanol–water partition coefficient (Wildman–Crippen LogP) is 2.95. The van der Waals surface area contributed by atoms with Crippen LogP contribution in [0.25, 0.3) is 0 Å². The van der Waals surface area contributed by atoms with Crippen LogP contribution in [0.5, 0.6) is 11.6 Å². The summed E-state index contributed by atoms with van der Waals surface area (Å²) in [5, 5.41) is 0. The van der Waals surface area contributed by atoms with E-state index in [0.717, 1.165) is 22.4 Å². The minimum Gasteiger partial charge on any atom is -0.439 e. The fourth-order valence-electron chi connectivity index (χ4n) is 1.56. The molecule has 1 heterocycles. The normalized spacial score (nSPS) is 10.3. The van der Waals surface area contributed by atoms with Crippen molar-refractivity contribution in [3.05, 3.63) is 53.2 Å². The second-order valence-electron chi connectivity index (χ2n) is 4.08. The first kappa shape index (κ1) is 11.6. The van der Waals surface area contributed by atoms with Crippen molar-refractivity contribution in [3.63, 3.8) is 0 Å². The van der Waals surface area contributed by atoms with E-state index in [9.17, 15) is 0 Å². The third-order valence-electron chi connectivity index (χ3n) is 2.59. The molecule has 0 bridgehead atoms. The van der Waals surface area contributed by atoms with Crippen LogP contribution in [-0.4, -0.2) is 4.98 Å². The highest BCUT2D eigenvalue weighted by Crippen LogP contribution is 2.25. The van der Waals surface area contributed by atoms with Gasteiger partial charge in [-0.2, -0.15) is 0 Å². The smallest absolute Gasteiger partial charge is 0.219 e. The molecular weight excluding hydrogens is 212 g/mol. The minimum atomic E-state index is 0.512. The SMILES string of the molecule is Cc1ccnc(Oc2cc(CN)ccc2C)c1. The molecule has 0 aliphatic rings. The zero-order valence-corrected chi connectivity index (χ0v) is 10.1. The van der Waals surface area contributed by atoms with Crippen molar-refractivity contribution in [3.8, 4) is 11.6 Å². The van der Waals surface area contributed by atoms with Gasteiger partial charge in [0, 0.05) is 18.8 Å². The molecular formula is C14H16N2O. The van der Waals surface area contributed by atoms with Crippen LogP contribution in [0, 0.1) is 13.8 Å². The van der Waals surface area contributed by atoms with E-state index in [1.807, 2.05) is 44.2 Å². The summed E-state index contributed by atoms with van der Waals surface area (Å²) in [4.78, 5) is 4.18. The summed E-state index contributed by atoms with van der Waals surface area (Å²) in [7, 11) is 0. The maximum absolute atomic E-state index is 5.77. The summed E-state index contributed by atoms with van der Waals surface area (Å²) >= 11 is 0. The first-order chi connectivity index (χ1) is 8.19. The fourth-order valence-corrected chi connectivity index (χ4v) is 1.56. The largest absolute Gasteiger partial charge is 0.439 e. The van der Waals surface area contributed by atoms with Crippen molar-refractivity contribution in [2.24, 2.45) is 5.73 Å². The monoisotopic (exact) mass is 228 g/mol. The fraction of sp³-hybridized carbons (Fsp3) is 0.214. The first-order valence-electron chi connectivity index (χ1n) is 5.59. The van der Waals surface area contributed by atoms with E-state index >= 15 is 0 Å². The lowest BCUT2D eigenvalue weighted by molar-refractivity contribution is 0.458. The van der Waals surface area contributed by atoms with Crippen LogP contribution in [0.15, 0.2) is 36.5 Å². The molecule has 3 heteroatoms. The summed E-state index contributed by atoms with van der Waals surface area (Å²) in [5.41, 5.74) is 8.87. The van der Waals surface area contributed by atoms with E-state index in [1.165, 1.54) is 0 Å². The molecule has 3 nitrogen and oxygen atoms in total. The van der Waals surface area contributed by atoms with Gasteiger partial charge < -0.3 is 10.5 Å². The summed E-state index contributed by atoms with van der Waals surface area (Å²) in [6.07, 6.45) is 1.74. The van der Waals surface area contributed by atoms with Gasteiger partial charge in [0.1, 0.15) is 5.75 Å². The number of hydrogen-bond donors (Lipinski definition) is 1. The first-order valence-corrected chi connectivity index (χ1v) is 5.59. The van der Waals surface area contributed by atoms with E-state index in [-0.39, 0.29) is 0 Å². The van der Waals surface area contributed by atoms with Gasteiger partial charge in [0.15, 0.2) is 0 Å². The van der Waals surface area contributed by atoms with Crippen molar-refractivity contribution < 1.29 is 4.74 Å². The average molecular weight is 228 g/mol.